The molecule has 0 unspecified atom stereocenters. The van der Waals surface area contributed by atoms with Gasteiger partial charge in [0.2, 0.25) is 0 Å². The first kappa shape index (κ1) is 12.3. The van der Waals surface area contributed by atoms with Crippen molar-refractivity contribution in [2.24, 2.45) is 0 Å². The smallest absolute Gasteiger partial charge is 0.117 e. The van der Waals surface area contributed by atoms with E-state index in [0.717, 1.165) is 38.5 Å². The van der Waals surface area contributed by atoms with E-state index in [0.29, 0.717) is 0 Å². The number of rotatable bonds is 7. The molecule has 0 aliphatic rings. The Labute approximate surface area is 92.7 Å². The molecule has 1 aromatic rings. The average molecular weight is 210 g/mol. The standard InChI is InChI=1S/C12H22N2O/c1-4-13(3)8-9-14(5-2)11-12-7-6-10-15-12/h6-7,10H,4-5,8-9,11H2,1-3H3. The van der Waals surface area contributed by atoms with Gasteiger partial charge in [-0.15, -0.1) is 0 Å². The SMILES string of the molecule is CCN(C)CCN(CC)Cc1ccco1. The van der Waals surface area contributed by atoms with Crippen LogP contribution < -0.4 is 0 Å². The molecule has 0 saturated carbocycles. The lowest BCUT2D eigenvalue weighted by molar-refractivity contribution is 0.218. The topological polar surface area (TPSA) is 19.6 Å². The second-order valence-electron chi connectivity index (χ2n) is 3.84. The van der Waals surface area contributed by atoms with E-state index in [9.17, 15) is 0 Å². The summed E-state index contributed by atoms with van der Waals surface area (Å²) in [5, 5.41) is 0. The van der Waals surface area contributed by atoms with Crippen molar-refractivity contribution in [3.8, 4) is 0 Å². The molecule has 0 fully saturated rings. The second kappa shape index (κ2) is 6.64. The molecule has 86 valence electrons. The van der Waals surface area contributed by atoms with E-state index in [4.69, 9.17) is 4.42 Å². The summed E-state index contributed by atoms with van der Waals surface area (Å²) in [4.78, 5) is 4.72. The predicted octanol–water partition coefficient (Wildman–Crippen LogP) is 2.05. The Kier molecular flexibility index (Phi) is 5.43. The highest BCUT2D eigenvalue weighted by Crippen LogP contribution is 2.04. The first-order chi connectivity index (χ1) is 7.26. The Morgan fingerprint density at radius 3 is 2.53 bits per heavy atom. The third kappa shape index (κ3) is 4.49. The number of likely N-dealkylation sites (N-methyl/N-ethyl adjacent to an activating group) is 2. The fourth-order valence-electron chi connectivity index (χ4n) is 1.44. The molecule has 0 bridgehead atoms. The van der Waals surface area contributed by atoms with Crippen LogP contribution in [0.4, 0.5) is 0 Å². The summed E-state index contributed by atoms with van der Waals surface area (Å²) in [6.07, 6.45) is 1.74. The van der Waals surface area contributed by atoms with E-state index < -0.39 is 0 Å². The minimum absolute atomic E-state index is 0.918. The van der Waals surface area contributed by atoms with Gasteiger partial charge in [0.25, 0.3) is 0 Å². The molecule has 0 spiro atoms. The fraction of sp³-hybridized carbons (Fsp3) is 0.667. The van der Waals surface area contributed by atoms with Gasteiger partial charge in [-0.25, -0.2) is 0 Å². The normalized spacial score (nSPS) is 11.5. The molecule has 15 heavy (non-hydrogen) atoms. The van der Waals surface area contributed by atoms with E-state index in [2.05, 4.69) is 30.7 Å². The Bertz CT molecular complexity index is 246. The molecule has 1 heterocycles. The monoisotopic (exact) mass is 210 g/mol. The molecule has 3 nitrogen and oxygen atoms in total. The molecule has 0 saturated heterocycles. The minimum Gasteiger partial charge on any atom is -0.468 e. The molecular weight excluding hydrogens is 188 g/mol. The molecule has 1 rings (SSSR count). The van der Waals surface area contributed by atoms with Crippen molar-refractivity contribution in [1.29, 1.82) is 0 Å². The summed E-state index contributed by atoms with van der Waals surface area (Å²) >= 11 is 0. The average Bonchev–Trinajstić information content (AvgIpc) is 2.76. The highest BCUT2D eigenvalue weighted by atomic mass is 16.3. The van der Waals surface area contributed by atoms with Gasteiger partial charge in [-0.3, -0.25) is 4.90 Å². The number of hydrogen-bond acceptors (Lipinski definition) is 3. The minimum atomic E-state index is 0.918. The molecule has 0 aliphatic carbocycles. The lowest BCUT2D eigenvalue weighted by atomic mass is 10.3. The van der Waals surface area contributed by atoms with Crippen molar-refractivity contribution in [3.05, 3.63) is 24.2 Å². The van der Waals surface area contributed by atoms with E-state index in [1.807, 2.05) is 12.1 Å². The zero-order valence-corrected chi connectivity index (χ0v) is 10.1. The van der Waals surface area contributed by atoms with Gasteiger partial charge in [0.05, 0.1) is 12.8 Å². The lowest BCUT2D eigenvalue weighted by Crippen LogP contribution is -2.32. The number of nitrogens with zero attached hydrogens (tertiary/aromatic N) is 2. The van der Waals surface area contributed by atoms with Crippen LogP contribution in [0.1, 0.15) is 19.6 Å². The third-order valence-corrected chi connectivity index (χ3v) is 2.74. The highest BCUT2D eigenvalue weighted by Gasteiger charge is 2.06. The van der Waals surface area contributed by atoms with Crippen LogP contribution in [-0.2, 0) is 6.54 Å². The van der Waals surface area contributed by atoms with Gasteiger partial charge < -0.3 is 9.32 Å². The molecular formula is C12H22N2O. The van der Waals surface area contributed by atoms with E-state index in [-0.39, 0.29) is 0 Å². The first-order valence-corrected chi connectivity index (χ1v) is 5.69. The maximum atomic E-state index is 5.34. The van der Waals surface area contributed by atoms with Crippen LogP contribution in [0.15, 0.2) is 22.8 Å². The molecule has 0 atom stereocenters. The Morgan fingerprint density at radius 2 is 2.00 bits per heavy atom. The first-order valence-electron chi connectivity index (χ1n) is 5.69. The summed E-state index contributed by atoms with van der Waals surface area (Å²) in [6.45, 7) is 9.68. The lowest BCUT2D eigenvalue weighted by Gasteiger charge is -2.22. The maximum absolute atomic E-state index is 5.34. The van der Waals surface area contributed by atoms with Crippen LogP contribution >= 0.6 is 0 Å². The Morgan fingerprint density at radius 1 is 1.20 bits per heavy atom. The van der Waals surface area contributed by atoms with Crippen LogP contribution in [0.25, 0.3) is 0 Å². The number of hydrogen-bond donors (Lipinski definition) is 0. The molecule has 3 heteroatoms. The summed E-state index contributed by atoms with van der Waals surface area (Å²) in [5.41, 5.74) is 0. The van der Waals surface area contributed by atoms with E-state index >= 15 is 0 Å². The van der Waals surface area contributed by atoms with Gasteiger partial charge in [-0.05, 0) is 32.3 Å². The molecule has 0 radical (unpaired) electrons. The predicted molar refractivity (Wildman–Crippen MR) is 62.8 cm³/mol. The largest absolute Gasteiger partial charge is 0.468 e. The van der Waals surface area contributed by atoms with Crippen molar-refractivity contribution in [2.75, 3.05) is 33.2 Å². The summed E-state index contributed by atoms with van der Waals surface area (Å²) in [6, 6.07) is 3.98. The molecule has 0 aromatic carbocycles. The molecule has 1 aromatic heterocycles. The van der Waals surface area contributed by atoms with Gasteiger partial charge >= 0.3 is 0 Å². The van der Waals surface area contributed by atoms with Crippen molar-refractivity contribution in [2.45, 2.75) is 20.4 Å². The quantitative estimate of drug-likeness (QED) is 0.687. The summed E-state index contributed by atoms with van der Waals surface area (Å²) < 4.78 is 5.34. The Balaban J connectivity index is 2.30. The fourth-order valence-corrected chi connectivity index (χ4v) is 1.44. The van der Waals surface area contributed by atoms with Gasteiger partial charge in [0.15, 0.2) is 0 Å². The van der Waals surface area contributed by atoms with Crippen LogP contribution in [0.5, 0.6) is 0 Å². The molecule has 0 aliphatic heterocycles. The van der Waals surface area contributed by atoms with Gasteiger partial charge in [0.1, 0.15) is 5.76 Å². The van der Waals surface area contributed by atoms with Crippen molar-refractivity contribution in [1.82, 2.24) is 9.80 Å². The van der Waals surface area contributed by atoms with Crippen molar-refractivity contribution < 1.29 is 4.42 Å². The summed E-state index contributed by atoms with van der Waals surface area (Å²) in [7, 11) is 2.15. The van der Waals surface area contributed by atoms with Crippen molar-refractivity contribution >= 4 is 0 Å². The molecule has 0 N–H and O–H groups in total. The van der Waals surface area contributed by atoms with Gasteiger partial charge in [0, 0.05) is 13.1 Å². The zero-order chi connectivity index (χ0) is 11.1. The van der Waals surface area contributed by atoms with Crippen LogP contribution in [0.2, 0.25) is 0 Å². The van der Waals surface area contributed by atoms with E-state index in [1.165, 1.54) is 0 Å². The second-order valence-corrected chi connectivity index (χ2v) is 3.84. The van der Waals surface area contributed by atoms with Crippen LogP contribution in [0, 0.1) is 0 Å². The van der Waals surface area contributed by atoms with Crippen molar-refractivity contribution in [3.63, 3.8) is 0 Å². The van der Waals surface area contributed by atoms with Crippen LogP contribution in [0.3, 0.4) is 0 Å². The number of furan rings is 1. The molecule has 0 amide bonds. The zero-order valence-electron chi connectivity index (χ0n) is 10.1. The third-order valence-electron chi connectivity index (χ3n) is 2.74. The maximum Gasteiger partial charge on any atom is 0.117 e. The highest BCUT2D eigenvalue weighted by molar-refractivity contribution is 4.97. The van der Waals surface area contributed by atoms with Crippen LogP contribution in [-0.4, -0.2) is 43.0 Å². The Hall–Kier alpha value is -0.800. The van der Waals surface area contributed by atoms with Gasteiger partial charge in [-0.2, -0.15) is 0 Å². The van der Waals surface area contributed by atoms with E-state index in [1.54, 1.807) is 6.26 Å². The van der Waals surface area contributed by atoms with Gasteiger partial charge in [-0.1, -0.05) is 13.8 Å². The summed E-state index contributed by atoms with van der Waals surface area (Å²) in [5.74, 6) is 1.05.